The van der Waals surface area contributed by atoms with Crippen LogP contribution in [-0.4, -0.2) is 59.2 Å². The first kappa shape index (κ1) is 26.8. The molecule has 0 saturated carbocycles. The second kappa shape index (κ2) is 10.9. The van der Waals surface area contributed by atoms with Crippen molar-refractivity contribution in [3.05, 3.63) is 66.0 Å². The van der Waals surface area contributed by atoms with Crippen molar-refractivity contribution in [2.24, 2.45) is 0 Å². The Hall–Kier alpha value is -3.78. The molecule has 0 bridgehead atoms. The number of nitrogens with one attached hydrogen (secondary N) is 2. The summed E-state index contributed by atoms with van der Waals surface area (Å²) in [7, 11) is -4.10. The van der Waals surface area contributed by atoms with E-state index in [4.69, 9.17) is 10.2 Å². The third-order valence-electron chi connectivity index (χ3n) is 4.83. The molecule has 0 fully saturated rings. The smallest absolute Gasteiger partial charge is 0.387 e. The number of hydrogen-bond acceptors (Lipinski definition) is 9. The van der Waals surface area contributed by atoms with Gasteiger partial charge in [0.2, 0.25) is 17.6 Å². The molecule has 2 N–H and O–H groups in total. The normalized spacial score (nSPS) is 12.8. The van der Waals surface area contributed by atoms with Crippen molar-refractivity contribution in [2.45, 2.75) is 37.8 Å². The summed E-state index contributed by atoms with van der Waals surface area (Å²) in [5, 5.41) is 9.80. The SMILES string of the molecule is CC(C)(NC(=O)C([NH-])CS(=O)(=O)Cc1ccccc1OC(F)F)C(=O)c1nnc(-c2cccnc2)o1. The van der Waals surface area contributed by atoms with Crippen molar-refractivity contribution in [1.82, 2.24) is 20.5 Å². The van der Waals surface area contributed by atoms with Gasteiger partial charge in [-0.3, -0.25) is 14.6 Å². The lowest BCUT2D eigenvalue weighted by Crippen LogP contribution is -2.53. The number of Topliss-reactive ketones (excluding diaryl/α,β-unsaturated/α-hetero) is 1. The molecular formula is C22H22F2N5O6S-. The van der Waals surface area contributed by atoms with Crippen molar-refractivity contribution in [3.63, 3.8) is 0 Å². The largest absolute Gasteiger partial charge is 0.666 e. The van der Waals surface area contributed by atoms with Crippen LogP contribution in [0, 0.1) is 0 Å². The van der Waals surface area contributed by atoms with Gasteiger partial charge in [-0.1, -0.05) is 18.2 Å². The van der Waals surface area contributed by atoms with Crippen LogP contribution in [0.15, 0.2) is 53.2 Å². The zero-order valence-corrected chi connectivity index (χ0v) is 20.0. The molecule has 3 rings (SSSR count). The van der Waals surface area contributed by atoms with Gasteiger partial charge in [0.05, 0.1) is 11.3 Å². The molecule has 2 aromatic heterocycles. The number of carbonyl (C=O) groups is 2. The Labute approximate surface area is 205 Å². The maximum absolute atomic E-state index is 12.8. The van der Waals surface area contributed by atoms with Gasteiger partial charge in [-0.15, -0.1) is 10.2 Å². The van der Waals surface area contributed by atoms with E-state index < -0.39 is 57.1 Å². The van der Waals surface area contributed by atoms with Crippen molar-refractivity contribution < 1.29 is 35.9 Å². The Bertz CT molecular complexity index is 1330. The summed E-state index contributed by atoms with van der Waals surface area (Å²) in [6, 6.07) is 6.80. The van der Waals surface area contributed by atoms with E-state index in [1.807, 2.05) is 0 Å². The average molecular weight is 523 g/mol. The fourth-order valence-electron chi connectivity index (χ4n) is 3.10. The maximum atomic E-state index is 12.8. The molecule has 14 heteroatoms. The van der Waals surface area contributed by atoms with E-state index in [0.717, 1.165) is 0 Å². The molecule has 0 aliphatic heterocycles. The minimum Gasteiger partial charge on any atom is -0.666 e. The van der Waals surface area contributed by atoms with Crippen molar-refractivity contribution in [2.75, 3.05) is 5.75 Å². The highest BCUT2D eigenvalue weighted by Gasteiger charge is 2.35. The quantitative estimate of drug-likeness (QED) is 0.373. The lowest BCUT2D eigenvalue weighted by atomic mass is 9.98. The highest BCUT2D eigenvalue weighted by atomic mass is 32.2. The molecule has 0 aliphatic carbocycles. The number of sulfone groups is 1. The molecule has 36 heavy (non-hydrogen) atoms. The van der Waals surface area contributed by atoms with E-state index in [1.54, 1.807) is 12.1 Å². The van der Waals surface area contributed by atoms with E-state index in [2.05, 4.69) is 25.2 Å². The Morgan fingerprint density at radius 1 is 1.17 bits per heavy atom. The predicted molar refractivity (Wildman–Crippen MR) is 123 cm³/mol. The lowest BCUT2D eigenvalue weighted by molar-refractivity contribution is -0.122. The Kier molecular flexibility index (Phi) is 8.10. The third-order valence-corrected chi connectivity index (χ3v) is 6.42. The van der Waals surface area contributed by atoms with Crippen LogP contribution in [0.5, 0.6) is 5.75 Å². The van der Waals surface area contributed by atoms with Crippen LogP contribution in [0.1, 0.15) is 30.1 Å². The van der Waals surface area contributed by atoms with Gasteiger partial charge < -0.3 is 20.2 Å². The molecular weight excluding hydrogens is 500 g/mol. The van der Waals surface area contributed by atoms with Gasteiger partial charge in [0.1, 0.15) is 11.3 Å². The first-order valence-electron chi connectivity index (χ1n) is 10.4. The first-order chi connectivity index (χ1) is 16.9. The average Bonchev–Trinajstić information content (AvgIpc) is 3.29. The Balaban J connectivity index is 1.65. The van der Waals surface area contributed by atoms with Gasteiger partial charge in [0, 0.05) is 23.7 Å². The zero-order chi connectivity index (χ0) is 26.5. The number of carbonyl (C=O) groups excluding carboxylic acids is 2. The number of benzene rings is 1. The number of aromatic nitrogens is 3. The van der Waals surface area contributed by atoms with E-state index in [0.29, 0.717) is 5.56 Å². The summed E-state index contributed by atoms with van der Waals surface area (Å²) in [6.07, 6.45) is 3.00. The Morgan fingerprint density at radius 2 is 1.89 bits per heavy atom. The third kappa shape index (κ3) is 6.88. The van der Waals surface area contributed by atoms with Crippen LogP contribution >= 0.6 is 0 Å². The molecule has 0 radical (unpaired) electrons. The van der Waals surface area contributed by atoms with Crippen molar-refractivity contribution in [3.8, 4) is 17.2 Å². The number of halogens is 2. The summed E-state index contributed by atoms with van der Waals surface area (Å²) in [4.78, 5) is 29.3. The number of pyridine rings is 1. The summed E-state index contributed by atoms with van der Waals surface area (Å²) in [5.41, 5.74) is 6.82. The van der Waals surface area contributed by atoms with Crippen LogP contribution in [-0.2, 0) is 20.4 Å². The number of rotatable bonds is 11. The number of ketones is 1. The highest BCUT2D eigenvalue weighted by molar-refractivity contribution is 7.90. The molecule has 1 atom stereocenters. The molecule has 1 unspecified atom stereocenters. The molecule has 0 aliphatic rings. The van der Waals surface area contributed by atoms with Gasteiger partial charge in [-0.05, 0) is 38.1 Å². The van der Waals surface area contributed by atoms with E-state index in [-0.39, 0.29) is 17.2 Å². The van der Waals surface area contributed by atoms with Gasteiger partial charge in [-0.2, -0.15) is 8.78 Å². The van der Waals surface area contributed by atoms with Gasteiger partial charge >= 0.3 is 6.61 Å². The van der Waals surface area contributed by atoms with E-state index >= 15 is 0 Å². The second-order valence-corrected chi connectivity index (χ2v) is 10.3. The van der Waals surface area contributed by atoms with Crippen LogP contribution < -0.4 is 10.1 Å². The maximum Gasteiger partial charge on any atom is 0.387 e. The van der Waals surface area contributed by atoms with Crippen LogP contribution in [0.3, 0.4) is 0 Å². The van der Waals surface area contributed by atoms with E-state index in [9.17, 15) is 26.8 Å². The summed E-state index contributed by atoms with van der Waals surface area (Å²) >= 11 is 0. The van der Waals surface area contributed by atoms with Gasteiger partial charge in [-0.25, -0.2) is 8.42 Å². The second-order valence-electron chi connectivity index (χ2n) is 8.19. The minimum atomic E-state index is -4.10. The number of nitrogens with zero attached hydrogens (tertiary/aromatic N) is 3. The molecule has 0 saturated heterocycles. The lowest BCUT2D eigenvalue weighted by Gasteiger charge is -2.28. The minimum absolute atomic E-state index is 0.0362. The van der Waals surface area contributed by atoms with E-state index in [1.165, 1.54) is 50.5 Å². The predicted octanol–water partition coefficient (Wildman–Crippen LogP) is 2.85. The topological polar surface area (TPSA) is 165 Å². The monoisotopic (exact) mass is 522 g/mol. The first-order valence-corrected chi connectivity index (χ1v) is 12.2. The van der Waals surface area contributed by atoms with Gasteiger partial charge in [0.15, 0.2) is 9.84 Å². The van der Waals surface area contributed by atoms with Crippen LogP contribution in [0.25, 0.3) is 17.2 Å². The molecule has 3 aromatic rings. The van der Waals surface area contributed by atoms with Crippen molar-refractivity contribution >= 4 is 21.5 Å². The highest BCUT2D eigenvalue weighted by Crippen LogP contribution is 2.23. The molecule has 2 heterocycles. The number of amides is 1. The number of alkyl halides is 2. The molecule has 11 nitrogen and oxygen atoms in total. The number of ether oxygens (including phenoxy) is 1. The fourth-order valence-corrected chi connectivity index (χ4v) is 4.59. The van der Waals surface area contributed by atoms with Crippen LogP contribution in [0.2, 0.25) is 0 Å². The fraction of sp³-hybridized carbons (Fsp3) is 0.318. The summed E-state index contributed by atoms with van der Waals surface area (Å²) in [6.45, 7) is -0.483. The standard InChI is InChI=1S/C22H22F2N5O6S/c1-22(2,17(30)20-29-28-19(35-20)13-7-5-9-26-10-13)27-18(31)15(25)12-36(32,33)11-14-6-3-4-8-16(14)34-21(23)24/h3-10,15,21,25H,11-12H2,1-2H3,(H,27,31)/q-1. The molecule has 0 spiro atoms. The molecule has 1 aromatic carbocycles. The molecule has 1 amide bonds. The number of para-hydroxylation sites is 1. The summed E-state index contributed by atoms with van der Waals surface area (Å²) < 4.78 is 60.0. The van der Waals surface area contributed by atoms with Gasteiger partial charge in [0.25, 0.3) is 5.89 Å². The summed E-state index contributed by atoms with van der Waals surface area (Å²) in [5.74, 6) is -4.12. The Morgan fingerprint density at radius 3 is 2.56 bits per heavy atom. The number of hydrogen-bond donors (Lipinski definition) is 1. The molecule has 192 valence electrons. The zero-order valence-electron chi connectivity index (χ0n) is 19.1. The van der Waals surface area contributed by atoms with Crippen LogP contribution in [0.4, 0.5) is 8.78 Å². The van der Waals surface area contributed by atoms with Crippen molar-refractivity contribution in [1.29, 1.82) is 0 Å².